The van der Waals surface area contributed by atoms with Gasteiger partial charge < -0.3 is 9.47 Å². The third-order valence-electron chi connectivity index (χ3n) is 2.62. The van der Waals surface area contributed by atoms with E-state index in [9.17, 15) is 22.8 Å². The highest BCUT2D eigenvalue weighted by Gasteiger charge is 2.28. The molecule has 0 saturated carbocycles. The lowest BCUT2D eigenvalue weighted by atomic mass is 10.0. The third-order valence-corrected chi connectivity index (χ3v) is 2.62. The predicted molar refractivity (Wildman–Crippen MR) is 71.7 cm³/mol. The highest BCUT2D eigenvalue weighted by Crippen LogP contribution is 2.22. The fourth-order valence-electron chi connectivity index (χ4n) is 1.58. The number of nitriles is 1. The lowest BCUT2D eigenvalue weighted by Crippen LogP contribution is -2.19. The van der Waals surface area contributed by atoms with Crippen LogP contribution in [0.25, 0.3) is 0 Å². The largest absolute Gasteiger partial charge is 0.500 e. The van der Waals surface area contributed by atoms with Gasteiger partial charge in [0, 0.05) is 0 Å². The Morgan fingerprint density at radius 2 is 1.87 bits per heavy atom. The molecule has 0 N–H and O–H groups in total. The highest BCUT2D eigenvalue weighted by molar-refractivity contribution is 6.24. The van der Waals surface area contributed by atoms with Gasteiger partial charge in [-0.2, -0.15) is 5.26 Å². The number of benzene rings is 1. The Morgan fingerprint density at radius 1 is 1.22 bits per heavy atom. The SMILES string of the molecule is CCOC=C(C(=O)OCC)C(=O)c1cc(F)c(F)c(C#N)c1F. The zero-order valence-electron chi connectivity index (χ0n) is 12.3. The first-order chi connectivity index (χ1) is 10.9. The zero-order chi connectivity index (χ0) is 17.6. The summed E-state index contributed by atoms with van der Waals surface area (Å²) < 4.78 is 50.2. The van der Waals surface area contributed by atoms with Crippen molar-refractivity contribution in [2.45, 2.75) is 13.8 Å². The van der Waals surface area contributed by atoms with Gasteiger partial charge >= 0.3 is 5.97 Å². The first-order valence-corrected chi connectivity index (χ1v) is 6.50. The molecule has 122 valence electrons. The van der Waals surface area contributed by atoms with Crippen molar-refractivity contribution < 1.29 is 32.2 Å². The van der Waals surface area contributed by atoms with Crippen LogP contribution in [0.1, 0.15) is 29.8 Å². The van der Waals surface area contributed by atoms with Gasteiger partial charge in [0.15, 0.2) is 17.5 Å². The maximum atomic E-state index is 14.0. The van der Waals surface area contributed by atoms with E-state index in [1.54, 1.807) is 6.92 Å². The molecule has 1 aromatic rings. The van der Waals surface area contributed by atoms with Crippen LogP contribution in [0.2, 0.25) is 0 Å². The molecule has 0 atom stereocenters. The Kier molecular flexibility index (Phi) is 6.33. The van der Waals surface area contributed by atoms with Gasteiger partial charge in [-0.25, -0.2) is 18.0 Å². The van der Waals surface area contributed by atoms with Crippen LogP contribution in [-0.2, 0) is 14.3 Å². The number of ketones is 1. The van der Waals surface area contributed by atoms with Crippen LogP contribution in [0.15, 0.2) is 17.9 Å². The minimum absolute atomic E-state index is 0.0702. The molecule has 1 aromatic carbocycles. The molecule has 0 fully saturated rings. The molecule has 5 nitrogen and oxygen atoms in total. The van der Waals surface area contributed by atoms with Gasteiger partial charge in [0.25, 0.3) is 0 Å². The lowest BCUT2D eigenvalue weighted by molar-refractivity contribution is -0.138. The molecule has 0 saturated heterocycles. The molecule has 0 aliphatic heterocycles. The summed E-state index contributed by atoms with van der Waals surface area (Å²) in [6.45, 7) is 3.07. The van der Waals surface area contributed by atoms with Gasteiger partial charge in [-0.05, 0) is 19.9 Å². The van der Waals surface area contributed by atoms with E-state index < -0.39 is 45.9 Å². The summed E-state index contributed by atoms with van der Waals surface area (Å²) >= 11 is 0. The zero-order valence-corrected chi connectivity index (χ0v) is 12.3. The maximum absolute atomic E-state index is 14.0. The van der Waals surface area contributed by atoms with Gasteiger partial charge in [0.1, 0.15) is 23.5 Å². The molecule has 0 aliphatic carbocycles. The molecule has 0 aliphatic rings. The molecular formula is C15H12F3NO4. The summed E-state index contributed by atoms with van der Waals surface area (Å²) in [5.74, 6) is -7.28. The smallest absolute Gasteiger partial charge is 0.345 e. The molecule has 0 amide bonds. The van der Waals surface area contributed by atoms with Crippen molar-refractivity contribution in [3.63, 3.8) is 0 Å². The number of ether oxygens (including phenoxy) is 2. The molecule has 0 unspecified atom stereocenters. The summed E-state index contributed by atoms with van der Waals surface area (Å²) in [5.41, 5.74) is -2.94. The Hall–Kier alpha value is -2.82. The second-order valence-electron chi connectivity index (χ2n) is 4.06. The van der Waals surface area contributed by atoms with Crippen molar-refractivity contribution in [2.24, 2.45) is 0 Å². The molecule has 8 heteroatoms. The van der Waals surface area contributed by atoms with E-state index in [2.05, 4.69) is 4.74 Å². The monoisotopic (exact) mass is 327 g/mol. The quantitative estimate of drug-likeness (QED) is 0.153. The van der Waals surface area contributed by atoms with Crippen LogP contribution >= 0.6 is 0 Å². The van der Waals surface area contributed by atoms with Crippen LogP contribution in [-0.4, -0.2) is 25.0 Å². The maximum Gasteiger partial charge on any atom is 0.345 e. The second kappa shape index (κ2) is 7.98. The van der Waals surface area contributed by atoms with Crippen LogP contribution in [0.3, 0.4) is 0 Å². The fraction of sp³-hybridized carbons (Fsp3) is 0.267. The van der Waals surface area contributed by atoms with Gasteiger partial charge in [-0.3, -0.25) is 4.79 Å². The Labute approximate surface area is 129 Å². The summed E-state index contributed by atoms with van der Waals surface area (Å²) in [6, 6.07) is 1.40. The molecule has 23 heavy (non-hydrogen) atoms. The van der Waals surface area contributed by atoms with Gasteiger partial charge in [-0.15, -0.1) is 0 Å². The average Bonchev–Trinajstić information content (AvgIpc) is 2.52. The van der Waals surface area contributed by atoms with Crippen molar-refractivity contribution in [1.29, 1.82) is 5.26 Å². The first-order valence-electron chi connectivity index (χ1n) is 6.50. The number of Topliss-reactive ketones (excluding diaryl/α,β-unsaturated/α-hetero) is 1. The Morgan fingerprint density at radius 3 is 2.39 bits per heavy atom. The van der Waals surface area contributed by atoms with Gasteiger partial charge in [-0.1, -0.05) is 0 Å². The lowest BCUT2D eigenvalue weighted by Gasteiger charge is -2.09. The van der Waals surface area contributed by atoms with Crippen LogP contribution < -0.4 is 0 Å². The predicted octanol–water partition coefficient (Wildman–Crippen LogP) is 2.64. The van der Waals surface area contributed by atoms with E-state index in [1.807, 2.05) is 0 Å². The summed E-state index contributed by atoms with van der Waals surface area (Å²) in [4.78, 5) is 24.0. The Bertz CT molecular complexity index is 708. The molecule has 0 aromatic heterocycles. The van der Waals surface area contributed by atoms with E-state index in [0.717, 1.165) is 12.3 Å². The van der Waals surface area contributed by atoms with Crippen LogP contribution in [0.5, 0.6) is 0 Å². The number of hydrogen-bond acceptors (Lipinski definition) is 5. The Balaban J connectivity index is 3.43. The molecule has 0 radical (unpaired) electrons. The number of nitrogens with zero attached hydrogens (tertiary/aromatic N) is 1. The van der Waals surface area contributed by atoms with Crippen molar-refractivity contribution in [1.82, 2.24) is 0 Å². The van der Waals surface area contributed by atoms with Crippen molar-refractivity contribution in [2.75, 3.05) is 13.2 Å². The molecule has 0 heterocycles. The third kappa shape index (κ3) is 3.88. The first kappa shape index (κ1) is 18.2. The second-order valence-corrected chi connectivity index (χ2v) is 4.06. The standard InChI is InChI=1S/C15H12F3NO4/c1-3-22-7-10(15(21)23-4-2)14(20)8-5-11(16)13(18)9(6-19)12(8)17/h5,7H,3-4H2,1-2H3. The summed E-state index contributed by atoms with van der Waals surface area (Å²) in [5, 5.41) is 8.66. The highest BCUT2D eigenvalue weighted by atomic mass is 19.2. The van der Waals surface area contributed by atoms with E-state index in [-0.39, 0.29) is 19.3 Å². The number of carbonyl (C=O) groups is 2. The molecule has 0 bridgehead atoms. The van der Waals surface area contributed by atoms with Crippen molar-refractivity contribution >= 4 is 11.8 Å². The van der Waals surface area contributed by atoms with Crippen LogP contribution in [0, 0.1) is 28.8 Å². The number of rotatable bonds is 6. The van der Waals surface area contributed by atoms with E-state index in [1.165, 1.54) is 6.92 Å². The van der Waals surface area contributed by atoms with Gasteiger partial charge in [0.2, 0.25) is 5.78 Å². The minimum Gasteiger partial charge on any atom is -0.500 e. The van der Waals surface area contributed by atoms with E-state index in [0.29, 0.717) is 0 Å². The minimum atomic E-state index is -1.71. The molecule has 0 spiro atoms. The average molecular weight is 327 g/mol. The summed E-state index contributed by atoms with van der Waals surface area (Å²) in [6.07, 6.45) is 0.743. The molecular weight excluding hydrogens is 315 g/mol. The van der Waals surface area contributed by atoms with E-state index >= 15 is 0 Å². The fourth-order valence-corrected chi connectivity index (χ4v) is 1.58. The number of esters is 1. The van der Waals surface area contributed by atoms with E-state index in [4.69, 9.17) is 10.00 Å². The topological polar surface area (TPSA) is 76.4 Å². The summed E-state index contributed by atoms with van der Waals surface area (Å²) in [7, 11) is 0. The van der Waals surface area contributed by atoms with Gasteiger partial charge in [0.05, 0.1) is 18.8 Å². The number of hydrogen-bond donors (Lipinski definition) is 0. The number of halogens is 3. The molecule has 1 rings (SSSR count). The number of carbonyl (C=O) groups excluding carboxylic acids is 2. The van der Waals surface area contributed by atoms with Crippen molar-refractivity contribution in [3.05, 3.63) is 46.5 Å². The van der Waals surface area contributed by atoms with Crippen molar-refractivity contribution in [3.8, 4) is 6.07 Å². The normalized spacial score (nSPS) is 10.9. The van der Waals surface area contributed by atoms with Crippen LogP contribution in [0.4, 0.5) is 13.2 Å².